The van der Waals surface area contributed by atoms with Crippen LogP contribution < -0.4 is 5.32 Å². The minimum atomic E-state index is -0.754. The minimum Gasteiger partial charge on any atom is -0.312 e. The molecule has 2 unspecified atom stereocenters. The average Bonchev–Trinajstić information content (AvgIpc) is 2.44. The molecule has 18 heavy (non-hydrogen) atoms. The molecule has 2 aromatic rings. The molecule has 0 radical (unpaired) electrons. The summed E-state index contributed by atoms with van der Waals surface area (Å²) < 4.78 is 11.7. The van der Waals surface area contributed by atoms with Crippen molar-refractivity contribution in [1.29, 1.82) is 0 Å². The maximum absolute atomic E-state index is 11.7. The van der Waals surface area contributed by atoms with Crippen LogP contribution in [0.2, 0.25) is 0 Å². The number of benzene rings is 2. The van der Waals surface area contributed by atoms with Gasteiger partial charge < -0.3 is 5.32 Å². The molecule has 0 aromatic heterocycles. The van der Waals surface area contributed by atoms with Crippen molar-refractivity contribution in [2.24, 2.45) is 0 Å². The lowest BCUT2D eigenvalue weighted by Crippen LogP contribution is -2.23. The lowest BCUT2D eigenvalue weighted by atomic mass is 10.0. The first-order valence-corrected chi connectivity index (χ1v) is 7.74. The molecule has 2 nitrogen and oxygen atoms in total. The fraction of sp³-hybridized carbons (Fsp3) is 0.333. The number of nitrogens with one attached hydrogen (secondary N) is 1. The summed E-state index contributed by atoms with van der Waals surface area (Å²) in [4.78, 5) is 0. The molecule has 0 aliphatic rings. The summed E-state index contributed by atoms with van der Waals surface area (Å²) in [6, 6.07) is 14.9. The minimum absolute atomic E-state index is 0.162. The highest BCUT2D eigenvalue weighted by Crippen LogP contribution is 2.21. The third-order valence-corrected chi connectivity index (χ3v) is 4.55. The lowest BCUT2D eigenvalue weighted by molar-refractivity contribution is 0.636. The largest absolute Gasteiger partial charge is 0.312 e. The van der Waals surface area contributed by atoms with Crippen molar-refractivity contribution in [3.05, 3.63) is 48.0 Å². The Morgan fingerprint density at radius 1 is 1.17 bits per heavy atom. The Labute approximate surface area is 111 Å². The molecular formula is C15H19NOS. The van der Waals surface area contributed by atoms with Crippen LogP contribution in [0.15, 0.2) is 42.5 Å². The molecule has 0 bridgehead atoms. The average molecular weight is 261 g/mol. The highest BCUT2D eigenvalue weighted by Gasteiger charge is 2.12. The zero-order chi connectivity index (χ0) is 13.0. The summed E-state index contributed by atoms with van der Waals surface area (Å²) in [5, 5.41) is 5.73. The predicted octanol–water partition coefficient (Wildman–Crippen LogP) is 2.87. The van der Waals surface area contributed by atoms with Crippen molar-refractivity contribution in [1.82, 2.24) is 5.32 Å². The first-order chi connectivity index (χ1) is 8.74. The number of hydrogen-bond donors (Lipinski definition) is 1. The van der Waals surface area contributed by atoms with Crippen molar-refractivity contribution in [3.8, 4) is 0 Å². The molecule has 0 saturated carbocycles. The van der Waals surface area contributed by atoms with Crippen LogP contribution in [0.4, 0.5) is 0 Å². The van der Waals surface area contributed by atoms with Crippen molar-refractivity contribution in [2.45, 2.75) is 13.0 Å². The van der Waals surface area contributed by atoms with Gasteiger partial charge in [0.25, 0.3) is 0 Å². The topological polar surface area (TPSA) is 29.1 Å². The van der Waals surface area contributed by atoms with Gasteiger partial charge in [-0.15, -0.1) is 0 Å². The van der Waals surface area contributed by atoms with Gasteiger partial charge in [-0.3, -0.25) is 4.21 Å². The zero-order valence-electron chi connectivity index (χ0n) is 10.8. The van der Waals surface area contributed by atoms with E-state index in [2.05, 4.69) is 35.6 Å². The van der Waals surface area contributed by atoms with E-state index in [1.54, 1.807) is 0 Å². The van der Waals surface area contributed by atoms with E-state index in [4.69, 9.17) is 0 Å². The summed E-state index contributed by atoms with van der Waals surface area (Å²) in [6.07, 6.45) is 0. The highest BCUT2D eigenvalue weighted by molar-refractivity contribution is 7.84. The first kappa shape index (κ1) is 13.2. The van der Waals surface area contributed by atoms with Crippen LogP contribution >= 0.6 is 0 Å². The molecule has 0 amide bonds. The molecule has 0 saturated heterocycles. The van der Waals surface area contributed by atoms with E-state index in [9.17, 15) is 4.21 Å². The van der Waals surface area contributed by atoms with Gasteiger partial charge in [-0.1, -0.05) is 43.3 Å². The van der Waals surface area contributed by atoms with Crippen LogP contribution in [0.1, 0.15) is 18.5 Å². The summed E-state index contributed by atoms with van der Waals surface area (Å²) in [7, 11) is 1.17. The Hall–Kier alpha value is -1.19. The van der Waals surface area contributed by atoms with Crippen LogP contribution in [-0.2, 0) is 10.8 Å². The smallest absolute Gasteiger partial charge is 0.0434 e. The molecule has 0 heterocycles. The van der Waals surface area contributed by atoms with Crippen molar-refractivity contribution >= 4 is 21.6 Å². The monoisotopic (exact) mass is 261 g/mol. The van der Waals surface area contributed by atoms with Gasteiger partial charge in [-0.25, -0.2) is 0 Å². The maximum Gasteiger partial charge on any atom is 0.0434 e. The molecule has 2 atom stereocenters. The van der Waals surface area contributed by atoms with E-state index in [0.717, 1.165) is 0 Å². The standard InChI is InChI=1S/C15H19NOS/c1-3-18(17)11-15(16-2)14-9-8-12-6-4-5-7-13(12)10-14/h4-10,15-16H,3,11H2,1-2H3. The van der Waals surface area contributed by atoms with Crippen molar-refractivity contribution in [3.63, 3.8) is 0 Å². The molecule has 1 N–H and O–H groups in total. The third kappa shape index (κ3) is 2.98. The van der Waals surface area contributed by atoms with E-state index in [1.807, 2.05) is 26.1 Å². The summed E-state index contributed by atoms with van der Waals surface area (Å²) in [6.45, 7) is 1.96. The molecular weight excluding hydrogens is 242 g/mol. The fourth-order valence-electron chi connectivity index (χ4n) is 2.07. The van der Waals surface area contributed by atoms with Gasteiger partial charge >= 0.3 is 0 Å². The Balaban J connectivity index is 2.30. The van der Waals surface area contributed by atoms with Crippen LogP contribution in [0, 0.1) is 0 Å². The molecule has 2 rings (SSSR count). The van der Waals surface area contributed by atoms with Crippen molar-refractivity contribution < 1.29 is 4.21 Å². The van der Waals surface area contributed by atoms with E-state index in [1.165, 1.54) is 16.3 Å². The first-order valence-electron chi connectivity index (χ1n) is 6.25. The number of hydrogen-bond acceptors (Lipinski definition) is 2. The van der Waals surface area contributed by atoms with Gasteiger partial charge in [0, 0.05) is 28.3 Å². The second-order valence-corrected chi connectivity index (χ2v) is 6.13. The van der Waals surface area contributed by atoms with Gasteiger partial charge in [0.1, 0.15) is 0 Å². The van der Waals surface area contributed by atoms with Crippen molar-refractivity contribution in [2.75, 3.05) is 18.6 Å². The normalized spacial score (nSPS) is 14.6. The Kier molecular flexibility index (Phi) is 4.50. The highest BCUT2D eigenvalue weighted by atomic mass is 32.2. The predicted molar refractivity (Wildman–Crippen MR) is 79.3 cm³/mol. The van der Waals surface area contributed by atoms with Gasteiger partial charge in [-0.05, 0) is 29.4 Å². The Morgan fingerprint density at radius 3 is 2.56 bits per heavy atom. The van der Waals surface area contributed by atoms with Gasteiger partial charge in [0.2, 0.25) is 0 Å². The summed E-state index contributed by atoms with van der Waals surface area (Å²) in [5.74, 6) is 1.39. The van der Waals surface area contributed by atoms with Gasteiger partial charge in [0.15, 0.2) is 0 Å². The third-order valence-electron chi connectivity index (χ3n) is 3.20. The van der Waals surface area contributed by atoms with E-state index < -0.39 is 10.8 Å². The fourth-order valence-corrected chi connectivity index (χ4v) is 3.04. The van der Waals surface area contributed by atoms with Crippen LogP contribution in [0.3, 0.4) is 0 Å². The Bertz CT molecular complexity index is 553. The maximum atomic E-state index is 11.7. The van der Waals surface area contributed by atoms with E-state index in [-0.39, 0.29) is 6.04 Å². The molecule has 3 heteroatoms. The second-order valence-electron chi connectivity index (χ2n) is 4.34. The molecule has 0 spiro atoms. The number of rotatable bonds is 5. The molecule has 96 valence electrons. The summed E-state index contributed by atoms with van der Waals surface area (Å²) in [5.41, 5.74) is 1.21. The van der Waals surface area contributed by atoms with Crippen LogP contribution in [-0.4, -0.2) is 22.8 Å². The molecule has 0 aliphatic heterocycles. The molecule has 0 aliphatic carbocycles. The quantitative estimate of drug-likeness (QED) is 0.896. The molecule has 2 aromatic carbocycles. The molecule has 0 fully saturated rings. The lowest BCUT2D eigenvalue weighted by Gasteiger charge is -2.16. The summed E-state index contributed by atoms with van der Waals surface area (Å²) >= 11 is 0. The van der Waals surface area contributed by atoms with Crippen LogP contribution in [0.25, 0.3) is 10.8 Å². The second kappa shape index (κ2) is 6.12. The van der Waals surface area contributed by atoms with Gasteiger partial charge in [-0.2, -0.15) is 0 Å². The zero-order valence-corrected chi connectivity index (χ0v) is 11.7. The van der Waals surface area contributed by atoms with E-state index in [0.29, 0.717) is 11.5 Å². The number of fused-ring (bicyclic) bond motifs is 1. The van der Waals surface area contributed by atoms with Gasteiger partial charge in [0.05, 0.1) is 0 Å². The van der Waals surface area contributed by atoms with Crippen LogP contribution in [0.5, 0.6) is 0 Å². The van der Waals surface area contributed by atoms with E-state index >= 15 is 0 Å². The SMILES string of the molecule is CCS(=O)CC(NC)c1ccc2ccccc2c1. The Morgan fingerprint density at radius 2 is 1.89 bits per heavy atom.